The van der Waals surface area contributed by atoms with Gasteiger partial charge in [0.25, 0.3) is 0 Å². The second kappa shape index (κ2) is 7.65. The average molecular weight is 270 g/mol. The zero-order valence-corrected chi connectivity index (χ0v) is 12.0. The minimum absolute atomic E-state index is 0.0476. The molecule has 0 radical (unpaired) electrons. The number of pyridine rings is 1. The largest absolute Gasteiger partial charge is 0.493 e. The van der Waals surface area contributed by atoms with Crippen molar-refractivity contribution in [3.63, 3.8) is 0 Å². The Kier molecular flexibility index (Phi) is 5.56. The summed E-state index contributed by atoms with van der Waals surface area (Å²) in [6, 6.07) is 12.2. The second-order valence-corrected chi connectivity index (χ2v) is 4.86. The van der Waals surface area contributed by atoms with Crippen molar-refractivity contribution in [2.45, 2.75) is 32.2 Å². The molecule has 2 aromatic rings. The van der Waals surface area contributed by atoms with Crippen LogP contribution in [0.4, 0.5) is 0 Å². The number of ether oxygens (including phenoxy) is 1. The normalized spacial score (nSPS) is 12.1. The Morgan fingerprint density at radius 1 is 1.15 bits per heavy atom. The summed E-state index contributed by atoms with van der Waals surface area (Å²) in [7, 11) is 0. The first kappa shape index (κ1) is 14.5. The third-order valence-corrected chi connectivity index (χ3v) is 3.38. The Labute approximate surface area is 120 Å². The summed E-state index contributed by atoms with van der Waals surface area (Å²) < 4.78 is 5.89. The van der Waals surface area contributed by atoms with Crippen molar-refractivity contribution in [3.8, 4) is 5.75 Å². The molecule has 20 heavy (non-hydrogen) atoms. The molecule has 0 bridgehead atoms. The third-order valence-electron chi connectivity index (χ3n) is 3.38. The molecule has 1 aromatic heterocycles. The fourth-order valence-electron chi connectivity index (χ4n) is 2.15. The predicted molar refractivity (Wildman–Crippen MR) is 81.7 cm³/mol. The van der Waals surface area contributed by atoms with Crippen LogP contribution in [-0.2, 0) is 6.42 Å². The Morgan fingerprint density at radius 3 is 2.65 bits per heavy atom. The molecule has 0 aliphatic rings. The van der Waals surface area contributed by atoms with Crippen LogP contribution >= 0.6 is 0 Å². The molecule has 0 fully saturated rings. The number of rotatable bonds is 7. The SMILES string of the molecule is CC[C@H](N)c1ccccc1OCCCc1ccncc1. The Hall–Kier alpha value is -1.87. The number of nitrogens with zero attached hydrogens (tertiary/aromatic N) is 1. The maximum absolute atomic E-state index is 6.10. The summed E-state index contributed by atoms with van der Waals surface area (Å²) in [5.41, 5.74) is 8.49. The molecule has 106 valence electrons. The van der Waals surface area contributed by atoms with E-state index in [-0.39, 0.29) is 6.04 Å². The zero-order valence-electron chi connectivity index (χ0n) is 12.0. The van der Waals surface area contributed by atoms with Crippen LogP contribution in [0.1, 0.15) is 36.9 Å². The van der Waals surface area contributed by atoms with Gasteiger partial charge in [0, 0.05) is 24.0 Å². The fraction of sp³-hybridized carbons (Fsp3) is 0.353. The Balaban J connectivity index is 1.85. The van der Waals surface area contributed by atoms with Crippen molar-refractivity contribution in [2.75, 3.05) is 6.61 Å². The van der Waals surface area contributed by atoms with Gasteiger partial charge in [-0.1, -0.05) is 25.1 Å². The van der Waals surface area contributed by atoms with Gasteiger partial charge in [-0.15, -0.1) is 0 Å². The van der Waals surface area contributed by atoms with Gasteiger partial charge in [-0.25, -0.2) is 0 Å². The van der Waals surface area contributed by atoms with Gasteiger partial charge < -0.3 is 10.5 Å². The van der Waals surface area contributed by atoms with E-state index in [0.29, 0.717) is 6.61 Å². The fourth-order valence-corrected chi connectivity index (χ4v) is 2.15. The van der Waals surface area contributed by atoms with Crippen LogP contribution in [0.3, 0.4) is 0 Å². The van der Waals surface area contributed by atoms with E-state index in [4.69, 9.17) is 10.5 Å². The van der Waals surface area contributed by atoms with Gasteiger partial charge in [-0.3, -0.25) is 4.98 Å². The van der Waals surface area contributed by atoms with Crippen molar-refractivity contribution in [1.29, 1.82) is 0 Å². The van der Waals surface area contributed by atoms with Gasteiger partial charge in [0.15, 0.2) is 0 Å². The van der Waals surface area contributed by atoms with E-state index in [9.17, 15) is 0 Å². The summed E-state index contributed by atoms with van der Waals surface area (Å²) in [6.45, 7) is 2.79. The van der Waals surface area contributed by atoms with Crippen LogP contribution in [0.5, 0.6) is 5.75 Å². The molecule has 3 heteroatoms. The molecule has 1 atom stereocenters. The van der Waals surface area contributed by atoms with Gasteiger partial charge in [0.1, 0.15) is 5.75 Å². The Bertz CT molecular complexity index is 513. The van der Waals surface area contributed by atoms with E-state index in [2.05, 4.69) is 11.9 Å². The van der Waals surface area contributed by atoms with Gasteiger partial charge >= 0.3 is 0 Å². The van der Waals surface area contributed by atoms with Crippen molar-refractivity contribution in [2.24, 2.45) is 5.73 Å². The molecular formula is C17H22N2O. The standard InChI is InChI=1S/C17H22N2O/c1-2-16(18)15-7-3-4-8-17(15)20-13-5-6-14-9-11-19-12-10-14/h3-4,7-12,16H,2,5-6,13,18H2,1H3/t16-/m0/s1. The van der Waals surface area contributed by atoms with Crippen LogP contribution < -0.4 is 10.5 Å². The van der Waals surface area contributed by atoms with Crippen LogP contribution in [0.2, 0.25) is 0 Å². The lowest BCUT2D eigenvalue weighted by Crippen LogP contribution is -2.11. The molecule has 0 saturated carbocycles. The highest BCUT2D eigenvalue weighted by Crippen LogP contribution is 2.25. The van der Waals surface area contributed by atoms with E-state index in [1.807, 2.05) is 48.8 Å². The summed E-state index contributed by atoms with van der Waals surface area (Å²) in [6.07, 6.45) is 6.55. The molecule has 1 aromatic carbocycles. The summed E-state index contributed by atoms with van der Waals surface area (Å²) in [5.74, 6) is 0.913. The number of aryl methyl sites for hydroxylation is 1. The quantitative estimate of drug-likeness (QED) is 0.783. The van der Waals surface area contributed by atoms with Crippen molar-refractivity contribution in [1.82, 2.24) is 4.98 Å². The van der Waals surface area contributed by atoms with Crippen LogP contribution in [-0.4, -0.2) is 11.6 Å². The maximum atomic E-state index is 6.10. The number of para-hydroxylation sites is 1. The number of hydrogen-bond donors (Lipinski definition) is 1. The van der Waals surface area contributed by atoms with E-state index in [0.717, 1.165) is 30.6 Å². The van der Waals surface area contributed by atoms with E-state index in [1.165, 1.54) is 5.56 Å². The predicted octanol–water partition coefficient (Wildman–Crippen LogP) is 3.50. The van der Waals surface area contributed by atoms with E-state index >= 15 is 0 Å². The monoisotopic (exact) mass is 270 g/mol. The maximum Gasteiger partial charge on any atom is 0.124 e. The molecule has 0 spiro atoms. The van der Waals surface area contributed by atoms with E-state index in [1.54, 1.807) is 0 Å². The highest BCUT2D eigenvalue weighted by atomic mass is 16.5. The number of nitrogens with two attached hydrogens (primary N) is 1. The molecule has 0 saturated heterocycles. The van der Waals surface area contributed by atoms with Crippen LogP contribution in [0, 0.1) is 0 Å². The van der Waals surface area contributed by atoms with E-state index < -0.39 is 0 Å². The minimum Gasteiger partial charge on any atom is -0.493 e. The van der Waals surface area contributed by atoms with Crippen LogP contribution in [0.25, 0.3) is 0 Å². The Morgan fingerprint density at radius 2 is 1.90 bits per heavy atom. The highest BCUT2D eigenvalue weighted by molar-refractivity contribution is 5.35. The van der Waals surface area contributed by atoms with Gasteiger partial charge in [-0.05, 0) is 43.0 Å². The minimum atomic E-state index is 0.0476. The highest BCUT2D eigenvalue weighted by Gasteiger charge is 2.09. The number of aromatic nitrogens is 1. The number of benzene rings is 1. The van der Waals surface area contributed by atoms with Gasteiger partial charge in [0.2, 0.25) is 0 Å². The average Bonchev–Trinajstić information content (AvgIpc) is 2.52. The van der Waals surface area contributed by atoms with Crippen LogP contribution in [0.15, 0.2) is 48.8 Å². The lowest BCUT2D eigenvalue weighted by atomic mass is 10.0. The first-order valence-electron chi connectivity index (χ1n) is 7.17. The van der Waals surface area contributed by atoms with Gasteiger partial charge in [0.05, 0.1) is 6.61 Å². The molecule has 2 rings (SSSR count). The summed E-state index contributed by atoms with van der Waals surface area (Å²) in [4.78, 5) is 4.02. The smallest absolute Gasteiger partial charge is 0.124 e. The first-order valence-corrected chi connectivity index (χ1v) is 7.17. The van der Waals surface area contributed by atoms with Gasteiger partial charge in [-0.2, -0.15) is 0 Å². The van der Waals surface area contributed by atoms with Crippen molar-refractivity contribution < 1.29 is 4.74 Å². The molecule has 1 heterocycles. The lowest BCUT2D eigenvalue weighted by Gasteiger charge is -2.15. The molecule has 0 aliphatic carbocycles. The van der Waals surface area contributed by atoms with Crippen molar-refractivity contribution in [3.05, 3.63) is 59.9 Å². The second-order valence-electron chi connectivity index (χ2n) is 4.86. The summed E-state index contributed by atoms with van der Waals surface area (Å²) >= 11 is 0. The molecule has 0 amide bonds. The molecule has 2 N–H and O–H groups in total. The molecular weight excluding hydrogens is 248 g/mol. The third kappa shape index (κ3) is 4.07. The number of hydrogen-bond acceptors (Lipinski definition) is 3. The summed E-state index contributed by atoms with van der Waals surface area (Å²) in [5, 5.41) is 0. The molecule has 0 aliphatic heterocycles. The molecule has 0 unspecified atom stereocenters. The zero-order chi connectivity index (χ0) is 14.2. The molecule has 3 nitrogen and oxygen atoms in total. The first-order chi connectivity index (χ1) is 9.81. The van der Waals surface area contributed by atoms with Crippen molar-refractivity contribution >= 4 is 0 Å². The topological polar surface area (TPSA) is 48.1 Å². The lowest BCUT2D eigenvalue weighted by molar-refractivity contribution is 0.305.